The number of hydrogen-bond acceptors (Lipinski definition) is 4. The summed E-state index contributed by atoms with van der Waals surface area (Å²) < 4.78 is 26.9. The number of rotatable bonds is 4. The fraction of sp³-hybridized carbons (Fsp3) is 0.143. The molecule has 0 bridgehead atoms. The molecule has 6 nitrogen and oxygen atoms in total. The molecule has 1 aromatic carbocycles. The van der Waals surface area contributed by atoms with E-state index in [0.717, 1.165) is 16.6 Å². The van der Waals surface area contributed by atoms with Gasteiger partial charge in [-0.25, -0.2) is 13.4 Å². The fourth-order valence-electron chi connectivity index (χ4n) is 2.08. The summed E-state index contributed by atoms with van der Waals surface area (Å²) in [5, 5.41) is 7.63. The second-order valence-corrected chi connectivity index (χ2v) is 6.51. The Morgan fingerprint density at radius 2 is 2.00 bits per heavy atom. The van der Waals surface area contributed by atoms with Crippen LogP contribution in [0, 0.1) is 6.92 Å². The average molecular weight is 302 g/mol. The van der Waals surface area contributed by atoms with Crippen molar-refractivity contribution in [2.24, 2.45) is 0 Å². The number of aryl methyl sites for hydroxylation is 1. The van der Waals surface area contributed by atoms with Gasteiger partial charge < -0.3 is 0 Å². The molecule has 108 valence electrons. The van der Waals surface area contributed by atoms with Crippen molar-refractivity contribution < 1.29 is 8.42 Å². The monoisotopic (exact) mass is 302 g/mol. The zero-order chi connectivity index (χ0) is 14.9. The Hall–Kier alpha value is -2.41. The molecule has 0 aliphatic rings. The van der Waals surface area contributed by atoms with Crippen molar-refractivity contribution >= 4 is 26.7 Å². The number of fused-ring (bicyclic) bond motifs is 1. The van der Waals surface area contributed by atoms with E-state index in [0.29, 0.717) is 11.3 Å². The second kappa shape index (κ2) is 5.17. The minimum Gasteiger partial charge on any atom is -0.282 e. The molecule has 0 amide bonds. The van der Waals surface area contributed by atoms with Crippen LogP contribution >= 0.6 is 0 Å². The van der Waals surface area contributed by atoms with E-state index in [-0.39, 0.29) is 5.75 Å². The van der Waals surface area contributed by atoms with Gasteiger partial charge in [-0.1, -0.05) is 30.3 Å². The van der Waals surface area contributed by atoms with Gasteiger partial charge in [0.1, 0.15) is 0 Å². The molecule has 2 heterocycles. The Balaban J connectivity index is 1.85. The van der Waals surface area contributed by atoms with Gasteiger partial charge >= 0.3 is 0 Å². The third-order valence-corrected chi connectivity index (χ3v) is 4.33. The highest BCUT2D eigenvalue weighted by molar-refractivity contribution is 7.91. The molecule has 7 heteroatoms. The lowest BCUT2D eigenvalue weighted by Gasteiger charge is -2.07. The maximum atomic E-state index is 12.2. The number of nitrogens with one attached hydrogen (secondary N) is 2. The summed E-state index contributed by atoms with van der Waals surface area (Å²) in [6, 6.07) is 10.8. The molecule has 3 rings (SSSR count). The van der Waals surface area contributed by atoms with Gasteiger partial charge in [0.15, 0.2) is 5.65 Å². The van der Waals surface area contributed by atoms with Crippen LogP contribution < -0.4 is 4.72 Å². The van der Waals surface area contributed by atoms with Crippen molar-refractivity contribution in [2.45, 2.75) is 12.7 Å². The Kier molecular flexibility index (Phi) is 3.34. The van der Waals surface area contributed by atoms with Crippen molar-refractivity contribution in [3.8, 4) is 0 Å². The van der Waals surface area contributed by atoms with Crippen LogP contribution in [0.15, 0.2) is 42.6 Å². The van der Waals surface area contributed by atoms with E-state index < -0.39 is 10.0 Å². The zero-order valence-corrected chi connectivity index (χ0v) is 12.2. The highest BCUT2D eigenvalue weighted by Crippen LogP contribution is 2.19. The van der Waals surface area contributed by atoms with Crippen molar-refractivity contribution in [2.75, 3.05) is 4.72 Å². The molecule has 2 N–H and O–H groups in total. The van der Waals surface area contributed by atoms with Gasteiger partial charge in [0.05, 0.1) is 17.6 Å². The average Bonchev–Trinajstić information content (AvgIpc) is 2.80. The predicted octanol–water partition coefficient (Wildman–Crippen LogP) is 2.21. The van der Waals surface area contributed by atoms with Crippen LogP contribution in [0.5, 0.6) is 0 Å². The van der Waals surface area contributed by atoms with Gasteiger partial charge in [0.2, 0.25) is 10.0 Å². The van der Waals surface area contributed by atoms with E-state index in [1.165, 1.54) is 6.20 Å². The Morgan fingerprint density at radius 3 is 2.76 bits per heavy atom. The summed E-state index contributed by atoms with van der Waals surface area (Å²) in [6.07, 6.45) is 1.46. The van der Waals surface area contributed by atoms with Gasteiger partial charge in [-0.2, -0.15) is 5.10 Å². The first-order valence-corrected chi connectivity index (χ1v) is 8.04. The number of hydrogen-bond donors (Lipinski definition) is 2. The number of H-pyrrole nitrogens is 1. The molecule has 0 spiro atoms. The second-order valence-electron chi connectivity index (χ2n) is 4.79. The van der Waals surface area contributed by atoms with E-state index in [4.69, 9.17) is 0 Å². The maximum absolute atomic E-state index is 12.2. The highest BCUT2D eigenvalue weighted by atomic mass is 32.2. The number of nitrogens with zero attached hydrogens (tertiary/aromatic N) is 2. The Morgan fingerprint density at radius 1 is 1.24 bits per heavy atom. The van der Waals surface area contributed by atoms with E-state index in [1.807, 2.05) is 25.1 Å². The van der Waals surface area contributed by atoms with Crippen LogP contribution in [0.25, 0.3) is 11.0 Å². The van der Waals surface area contributed by atoms with Gasteiger partial charge in [0, 0.05) is 11.1 Å². The lowest BCUT2D eigenvalue weighted by Crippen LogP contribution is -2.15. The summed E-state index contributed by atoms with van der Waals surface area (Å²) in [4.78, 5) is 4.12. The number of benzene rings is 1. The van der Waals surface area contributed by atoms with Crippen LogP contribution in [-0.4, -0.2) is 23.6 Å². The largest absolute Gasteiger partial charge is 0.282 e. The molecular weight excluding hydrogens is 288 g/mol. The SMILES string of the molecule is Cc1[nH]nc2ncc(NS(=O)(=O)Cc3ccccc3)cc12. The van der Waals surface area contributed by atoms with Crippen LogP contribution in [0.2, 0.25) is 0 Å². The van der Waals surface area contributed by atoms with Crippen molar-refractivity contribution in [3.63, 3.8) is 0 Å². The van der Waals surface area contributed by atoms with E-state index in [9.17, 15) is 8.42 Å². The minimum absolute atomic E-state index is 0.0732. The molecule has 0 atom stereocenters. The third kappa shape index (κ3) is 3.03. The van der Waals surface area contributed by atoms with Crippen LogP contribution in [-0.2, 0) is 15.8 Å². The van der Waals surface area contributed by atoms with Crippen molar-refractivity contribution in [1.82, 2.24) is 15.2 Å². The first kappa shape index (κ1) is 13.6. The van der Waals surface area contributed by atoms with Gasteiger partial charge in [0.25, 0.3) is 0 Å². The molecular formula is C14H14N4O2S. The summed E-state index contributed by atoms with van der Waals surface area (Å²) in [5.41, 5.74) is 2.58. The molecule has 0 unspecified atom stereocenters. The van der Waals surface area contributed by atoms with Crippen molar-refractivity contribution in [1.29, 1.82) is 0 Å². The van der Waals surface area contributed by atoms with Crippen LogP contribution in [0.3, 0.4) is 0 Å². The molecule has 0 saturated heterocycles. The molecule has 3 aromatic rings. The molecule has 0 fully saturated rings. The Bertz CT molecular complexity index is 872. The number of aromatic nitrogens is 3. The van der Waals surface area contributed by atoms with Gasteiger partial charge in [-0.15, -0.1) is 0 Å². The van der Waals surface area contributed by atoms with Crippen molar-refractivity contribution in [3.05, 3.63) is 53.9 Å². The summed E-state index contributed by atoms with van der Waals surface area (Å²) in [6.45, 7) is 1.86. The molecule has 0 radical (unpaired) electrons. The zero-order valence-electron chi connectivity index (χ0n) is 11.4. The standard InChI is InChI=1S/C14H14N4O2S/c1-10-13-7-12(8-15-14(13)17-16-10)18-21(19,20)9-11-5-3-2-4-6-11/h2-8,18H,9H2,1H3,(H,15,16,17). The van der Waals surface area contributed by atoms with E-state index in [2.05, 4.69) is 19.9 Å². The quantitative estimate of drug-likeness (QED) is 0.773. The molecule has 0 saturated carbocycles. The normalized spacial score (nSPS) is 11.7. The Labute approximate surface area is 122 Å². The summed E-state index contributed by atoms with van der Waals surface area (Å²) in [5.74, 6) is -0.0732. The van der Waals surface area contributed by atoms with E-state index in [1.54, 1.807) is 18.2 Å². The first-order valence-electron chi connectivity index (χ1n) is 6.39. The lowest BCUT2D eigenvalue weighted by atomic mass is 10.2. The predicted molar refractivity (Wildman–Crippen MR) is 81.3 cm³/mol. The van der Waals surface area contributed by atoms with Crippen LogP contribution in [0.1, 0.15) is 11.3 Å². The molecule has 2 aromatic heterocycles. The topological polar surface area (TPSA) is 87.7 Å². The molecule has 0 aliphatic heterocycles. The lowest BCUT2D eigenvalue weighted by molar-refractivity contribution is 0.600. The molecule has 0 aliphatic carbocycles. The van der Waals surface area contributed by atoms with Gasteiger partial charge in [-0.05, 0) is 18.6 Å². The number of pyridine rings is 1. The number of sulfonamides is 1. The molecule has 21 heavy (non-hydrogen) atoms. The third-order valence-electron chi connectivity index (χ3n) is 3.07. The van der Waals surface area contributed by atoms with Crippen LogP contribution in [0.4, 0.5) is 5.69 Å². The fourth-order valence-corrected chi connectivity index (χ4v) is 3.26. The van der Waals surface area contributed by atoms with E-state index >= 15 is 0 Å². The van der Waals surface area contributed by atoms with Gasteiger partial charge in [-0.3, -0.25) is 9.82 Å². The number of anilines is 1. The highest BCUT2D eigenvalue weighted by Gasteiger charge is 2.13. The summed E-state index contributed by atoms with van der Waals surface area (Å²) >= 11 is 0. The summed E-state index contributed by atoms with van der Waals surface area (Å²) in [7, 11) is -3.47. The minimum atomic E-state index is -3.47. The number of aromatic amines is 1. The smallest absolute Gasteiger partial charge is 0.236 e. The maximum Gasteiger partial charge on any atom is 0.236 e. The first-order chi connectivity index (χ1) is 10.0.